The van der Waals surface area contributed by atoms with Crippen LogP contribution in [0.1, 0.15) is 18.4 Å². The molecule has 1 aromatic rings. The molecule has 1 fully saturated rings. The molecular formula is C12H13BrN2OS2. The monoisotopic (exact) mass is 344 g/mol. The van der Waals surface area contributed by atoms with Gasteiger partial charge >= 0.3 is 0 Å². The fourth-order valence-corrected chi connectivity index (χ4v) is 3.53. The Morgan fingerprint density at radius 1 is 1.56 bits per heavy atom. The van der Waals surface area contributed by atoms with Crippen molar-refractivity contribution in [2.24, 2.45) is 5.73 Å². The summed E-state index contributed by atoms with van der Waals surface area (Å²) < 4.78 is 0.796. The Labute approximate surface area is 124 Å². The Bertz CT molecular complexity index is 487. The summed E-state index contributed by atoms with van der Waals surface area (Å²) in [4.78, 5) is 12.3. The van der Waals surface area contributed by atoms with E-state index >= 15 is 0 Å². The Kier molecular flexibility index (Phi) is 4.64. The average molecular weight is 345 g/mol. The molecule has 0 radical (unpaired) electrons. The van der Waals surface area contributed by atoms with Gasteiger partial charge in [-0.3, -0.25) is 4.79 Å². The molecule has 3 N–H and O–H groups in total. The molecule has 1 atom stereocenters. The number of carbonyl (C=O) groups excluding carboxylic acids is 1. The molecule has 1 unspecified atom stereocenters. The summed E-state index contributed by atoms with van der Waals surface area (Å²) in [5.74, 6) is 1.14. The van der Waals surface area contributed by atoms with Crippen molar-refractivity contribution in [3.63, 3.8) is 0 Å². The van der Waals surface area contributed by atoms with Crippen LogP contribution in [0.4, 0.5) is 5.69 Å². The van der Waals surface area contributed by atoms with Crippen molar-refractivity contribution >= 4 is 56.5 Å². The summed E-state index contributed by atoms with van der Waals surface area (Å²) in [5, 5.41) is 3.00. The highest BCUT2D eigenvalue weighted by molar-refractivity contribution is 9.10. The number of nitrogens with one attached hydrogen (secondary N) is 1. The molecule has 0 spiro atoms. The van der Waals surface area contributed by atoms with Crippen LogP contribution >= 0.6 is 39.9 Å². The van der Waals surface area contributed by atoms with Crippen LogP contribution in [-0.4, -0.2) is 21.9 Å². The minimum Gasteiger partial charge on any atom is -0.389 e. The Hall–Kier alpha value is -0.590. The highest BCUT2D eigenvalue weighted by Gasteiger charge is 2.23. The molecule has 1 aliphatic rings. The fraction of sp³-hybridized carbons (Fsp3) is 0.333. The van der Waals surface area contributed by atoms with Crippen molar-refractivity contribution in [3.8, 4) is 0 Å². The lowest BCUT2D eigenvalue weighted by Gasteiger charge is -2.12. The normalized spacial score (nSPS) is 18.6. The minimum atomic E-state index is 0.0706. The molecular weight excluding hydrogens is 332 g/mol. The molecule has 1 aliphatic heterocycles. The summed E-state index contributed by atoms with van der Waals surface area (Å²) >= 11 is 10.0. The molecule has 1 amide bonds. The smallest absolute Gasteiger partial charge is 0.237 e. The second-order valence-corrected chi connectivity index (χ2v) is 6.65. The lowest BCUT2D eigenvalue weighted by atomic mass is 10.2. The van der Waals surface area contributed by atoms with Crippen molar-refractivity contribution < 1.29 is 4.79 Å². The first-order valence-electron chi connectivity index (χ1n) is 5.60. The van der Waals surface area contributed by atoms with Gasteiger partial charge in [0, 0.05) is 10.0 Å². The van der Waals surface area contributed by atoms with E-state index in [0.717, 1.165) is 34.3 Å². The van der Waals surface area contributed by atoms with Crippen LogP contribution in [0.3, 0.4) is 0 Å². The molecule has 1 saturated heterocycles. The van der Waals surface area contributed by atoms with E-state index < -0.39 is 0 Å². The minimum absolute atomic E-state index is 0.0706. The number of nitrogens with two attached hydrogens (primary N) is 1. The van der Waals surface area contributed by atoms with Crippen molar-refractivity contribution in [2.45, 2.75) is 18.1 Å². The van der Waals surface area contributed by atoms with Gasteiger partial charge in [-0.1, -0.05) is 12.2 Å². The lowest BCUT2D eigenvalue weighted by molar-refractivity contribution is -0.115. The number of hydrogen-bond donors (Lipinski definition) is 2. The number of halogens is 1. The van der Waals surface area contributed by atoms with E-state index in [1.54, 1.807) is 11.8 Å². The average Bonchev–Trinajstić information content (AvgIpc) is 2.85. The Morgan fingerprint density at radius 3 is 2.89 bits per heavy atom. The maximum absolute atomic E-state index is 12.0. The molecule has 0 aromatic heterocycles. The van der Waals surface area contributed by atoms with Gasteiger partial charge in [-0.2, -0.15) is 0 Å². The predicted molar refractivity (Wildman–Crippen MR) is 84.1 cm³/mol. The number of amides is 1. The van der Waals surface area contributed by atoms with Crippen LogP contribution in [0.5, 0.6) is 0 Å². The second-order valence-electron chi connectivity index (χ2n) is 4.05. The van der Waals surface area contributed by atoms with Crippen LogP contribution < -0.4 is 11.1 Å². The van der Waals surface area contributed by atoms with Gasteiger partial charge < -0.3 is 11.1 Å². The van der Waals surface area contributed by atoms with Crippen LogP contribution in [0.2, 0.25) is 0 Å². The first kappa shape index (κ1) is 13.8. The van der Waals surface area contributed by atoms with Gasteiger partial charge in [-0.05, 0) is 52.7 Å². The van der Waals surface area contributed by atoms with Crippen LogP contribution in [0, 0.1) is 0 Å². The molecule has 1 heterocycles. The zero-order valence-electron chi connectivity index (χ0n) is 9.61. The second kappa shape index (κ2) is 6.04. The SMILES string of the molecule is NC(=S)c1ccc(NC(=O)C2CCCS2)c(Br)c1. The maximum atomic E-state index is 12.0. The Balaban J connectivity index is 2.09. The summed E-state index contributed by atoms with van der Waals surface area (Å²) in [6.45, 7) is 0. The van der Waals surface area contributed by atoms with Gasteiger partial charge in [0.25, 0.3) is 0 Å². The molecule has 0 bridgehead atoms. The van der Waals surface area contributed by atoms with E-state index in [1.807, 2.05) is 18.2 Å². The third kappa shape index (κ3) is 3.24. The third-order valence-electron chi connectivity index (χ3n) is 2.73. The highest BCUT2D eigenvalue weighted by atomic mass is 79.9. The third-order valence-corrected chi connectivity index (χ3v) is 5.00. The molecule has 0 saturated carbocycles. The van der Waals surface area contributed by atoms with Crippen LogP contribution in [0.25, 0.3) is 0 Å². The molecule has 0 aliphatic carbocycles. The van der Waals surface area contributed by atoms with Crippen molar-refractivity contribution in [3.05, 3.63) is 28.2 Å². The van der Waals surface area contributed by atoms with Crippen molar-refractivity contribution in [2.75, 3.05) is 11.1 Å². The largest absolute Gasteiger partial charge is 0.389 e. The van der Waals surface area contributed by atoms with Gasteiger partial charge in [0.2, 0.25) is 5.91 Å². The summed E-state index contributed by atoms with van der Waals surface area (Å²) in [5.41, 5.74) is 7.09. The van der Waals surface area contributed by atoms with E-state index in [1.165, 1.54) is 0 Å². The number of thiocarbonyl (C=S) groups is 1. The van der Waals surface area contributed by atoms with Crippen LogP contribution in [0.15, 0.2) is 22.7 Å². The summed E-state index contributed by atoms with van der Waals surface area (Å²) in [7, 11) is 0. The van der Waals surface area contributed by atoms with Gasteiger partial charge in [-0.25, -0.2) is 0 Å². The van der Waals surface area contributed by atoms with E-state index in [2.05, 4.69) is 21.2 Å². The zero-order valence-corrected chi connectivity index (χ0v) is 12.8. The van der Waals surface area contributed by atoms with E-state index in [9.17, 15) is 4.79 Å². The molecule has 96 valence electrons. The quantitative estimate of drug-likeness (QED) is 0.827. The Morgan fingerprint density at radius 2 is 2.33 bits per heavy atom. The summed E-state index contributed by atoms with van der Waals surface area (Å²) in [6, 6.07) is 5.44. The van der Waals surface area contributed by atoms with E-state index in [0.29, 0.717) is 4.99 Å². The number of hydrogen-bond acceptors (Lipinski definition) is 3. The first-order chi connectivity index (χ1) is 8.58. The molecule has 18 heavy (non-hydrogen) atoms. The number of anilines is 1. The van der Waals surface area contributed by atoms with Crippen molar-refractivity contribution in [1.82, 2.24) is 0 Å². The molecule has 1 aromatic carbocycles. The molecule has 6 heteroatoms. The predicted octanol–water partition coefficient (Wildman–Crippen LogP) is 2.92. The maximum Gasteiger partial charge on any atom is 0.237 e. The van der Waals surface area contributed by atoms with E-state index in [4.69, 9.17) is 18.0 Å². The van der Waals surface area contributed by atoms with E-state index in [-0.39, 0.29) is 11.2 Å². The summed E-state index contributed by atoms with van der Waals surface area (Å²) in [6.07, 6.45) is 2.07. The van der Waals surface area contributed by atoms with Gasteiger partial charge in [0.15, 0.2) is 0 Å². The topological polar surface area (TPSA) is 55.1 Å². The van der Waals surface area contributed by atoms with Crippen LogP contribution in [-0.2, 0) is 4.79 Å². The van der Waals surface area contributed by atoms with Crippen molar-refractivity contribution in [1.29, 1.82) is 0 Å². The number of thioether (sulfide) groups is 1. The molecule has 2 rings (SSSR count). The standard InChI is InChI=1S/C12H13BrN2OS2/c13-8-6-7(11(14)17)3-4-9(8)15-12(16)10-2-1-5-18-10/h3-4,6,10H,1-2,5H2,(H2,14,17)(H,15,16). The zero-order chi connectivity index (χ0) is 13.1. The highest BCUT2D eigenvalue weighted by Crippen LogP contribution is 2.29. The van der Waals surface area contributed by atoms with Gasteiger partial charge in [-0.15, -0.1) is 11.8 Å². The number of carbonyl (C=O) groups is 1. The van der Waals surface area contributed by atoms with Gasteiger partial charge in [0.1, 0.15) is 4.99 Å². The lowest BCUT2D eigenvalue weighted by Crippen LogP contribution is -2.23. The number of rotatable bonds is 3. The molecule has 3 nitrogen and oxygen atoms in total. The fourth-order valence-electron chi connectivity index (χ4n) is 1.77. The first-order valence-corrected chi connectivity index (χ1v) is 7.85. The van der Waals surface area contributed by atoms with Gasteiger partial charge in [0.05, 0.1) is 10.9 Å². The number of benzene rings is 1.